The summed E-state index contributed by atoms with van der Waals surface area (Å²) >= 11 is 6.32. The minimum Gasteiger partial charge on any atom is -0.481 e. The number of halogens is 1. The maximum absolute atomic E-state index is 13.2. The second-order valence-electron chi connectivity index (χ2n) is 9.64. The summed E-state index contributed by atoms with van der Waals surface area (Å²) in [5.41, 5.74) is -1.13. The quantitative estimate of drug-likeness (QED) is 0.366. The van der Waals surface area contributed by atoms with E-state index >= 15 is 0 Å². The molecule has 5 atom stereocenters. The summed E-state index contributed by atoms with van der Waals surface area (Å²) in [6.07, 6.45) is 2.56. The van der Waals surface area contributed by atoms with Crippen LogP contribution >= 0.6 is 11.6 Å². The van der Waals surface area contributed by atoms with Crippen molar-refractivity contribution in [2.24, 2.45) is 10.8 Å². The number of benzene rings is 2. The number of nitrogens with one attached hydrogen (secondary N) is 1. The van der Waals surface area contributed by atoms with Crippen molar-refractivity contribution in [3.63, 3.8) is 0 Å². The number of aryl methyl sites for hydroxylation is 1. The van der Waals surface area contributed by atoms with Crippen LogP contribution in [0.3, 0.4) is 0 Å². The molecule has 6 nitrogen and oxygen atoms in total. The minimum absolute atomic E-state index is 0.00741. The molecule has 5 unspecified atom stereocenters. The van der Waals surface area contributed by atoms with Crippen molar-refractivity contribution in [3.8, 4) is 6.07 Å². The van der Waals surface area contributed by atoms with Crippen LogP contribution in [0.15, 0.2) is 54.6 Å². The molecule has 1 fully saturated rings. The van der Waals surface area contributed by atoms with Gasteiger partial charge in [-0.2, -0.15) is 5.26 Å². The van der Waals surface area contributed by atoms with Crippen LogP contribution in [-0.4, -0.2) is 34.2 Å². The van der Waals surface area contributed by atoms with Gasteiger partial charge >= 0.3 is 11.9 Å². The Balaban J connectivity index is 2.11. The Morgan fingerprint density at radius 2 is 1.60 bits per heavy atom. The van der Waals surface area contributed by atoms with Crippen LogP contribution in [0.2, 0.25) is 5.02 Å². The zero-order valence-electron chi connectivity index (χ0n) is 20.2. The number of hydrogen-bond acceptors (Lipinski definition) is 4. The summed E-state index contributed by atoms with van der Waals surface area (Å²) in [4.78, 5) is 26.2. The first kappa shape index (κ1) is 26.7. The average molecular weight is 497 g/mol. The van der Waals surface area contributed by atoms with Crippen molar-refractivity contribution < 1.29 is 19.8 Å². The smallest absolute Gasteiger partial charge is 0.311 e. The number of nitriles is 1. The lowest BCUT2D eigenvalue weighted by atomic mass is 9.49. The van der Waals surface area contributed by atoms with E-state index in [-0.39, 0.29) is 12.8 Å². The number of carboxylic acids is 2. The molecule has 1 heterocycles. The van der Waals surface area contributed by atoms with E-state index in [4.69, 9.17) is 11.6 Å². The van der Waals surface area contributed by atoms with Crippen LogP contribution in [0.1, 0.15) is 63.0 Å². The second-order valence-corrected chi connectivity index (χ2v) is 10.1. The summed E-state index contributed by atoms with van der Waals surface area (Å²) in [5.74, 6) is -3.00. The fraction of sp³-hybridized carbons (Fsp3) is 0.464. The Bertz CT molecular complexity index is 1090. The molecule has 0 spiro atoms. The Hall–Kier alpha value is -2.88. The first-order valence-electron chi connectivity index (χ1n) is 12.1. The van der Waals surface area contributed by atoms with E-state index in [0.29, 0.717) is 23.4 Å². The molecule has 3 N–H and O–H groups in total. The van der Waals surface area contributed by atoms with Gasteiger partial charge in [0.2, 0.25) is 0 Å². The van der Waals surface area contributed by atoms with Crippen molar-refractivity contribution in [2.75, 3.05) is 0 Å². The monoisotopic (exact) mass is 496 g/mol. The summed E-state index contributed by atoms with van der Waals surface area (Å²) < 4.78 is 0. The predicted molar refractivity (Wildman–Crippen MR) is 135 cm³/mol. The number of rotatable bonds is 10. The number of carboxylic acid groups (broad SMARTS) is 2. The van der Waals surface area contributed by atoms with Crippen molar-refractivity contribution in [3.05, 3.63) is 70.7 Å². The highest BCUT2D eigenvalue weighted by Crippen LogP contribution is 2.59. The summed E-state index contributed by atoms with van der Waals surface area (Å²) in [5, 5.41) is 34.5. The highest BCUT2D eigenvalue weighted by molar-refractivity contribution is 6.30. The van der Waals surface area contributed by atoms with E-state index in [9.17, 15) is 25.1 Å². The molecule has 3 rings (SSSR count). The van der Waals surface area contributed by atoms with E-state index in [1.807, 2.05) is 37.3 Å². The Morgan fingerprint density at radius 1 is 0.971 bits per heavy atom. The van der Waals surface area contributed by atoms with Crippen molar-refractivity contribution >= 4 is 23.5 Å². The Morgan fingerprint density at radius 3 is 2.17 bits per heavy atom. The van der Waals surface area contributed by atoms with Gasteiger partial charge in [0.05, 0.1) is 16.9 Å². The zero-order valence-corrected chi connectivity index (χ0v) is 21.0. The van der Waals surface area contributed by atoms with E-state index in [1.54, 1.807) is 31.2 Å². The van der Waals surface area contributed by atoms with E-state index in [0.717, 1.165) is 12.8 Å². The third-order valence-electron chi connectivity index (χ3n) is 7.85. The first-order chi connectivity index (χ1) is 16.7. The lowest BCUT2D eigenvalue weighted by Crippen LogP contribution is -2.69. The van der Waals surface area contributed by atoms with Gasteiger partial charge in [0.1, 0.15) is 0 Å². The van der Waals surface area contributed by atoms with Crippen LogP contribution in [0.25, 0.3) is 0 Å². The Kier molecular flexibility index (Phi) is 8.58. The van der Waals surface area contributed by atoms with Gasteiger partial charge in [0, 0.05) is 29.4 Å². The molecule has 0 aliphatic carbocycles. The second kappa shape index (κ2) is 11.2. The highest BCUT2D eigenvalue weighted by atomic mass is 35.5. The Labute approximate surface area is 211 Å². The molecule has 1 saturated heterocycles. The van der Waals surface area contributed by atoms with Crippen LogP contribution in [0.4, 0.5) is 0 Å². The maximum atomic E-state index is 13.2. The lowest BCUT2D eigenvalue weighted by Gasteiger charge is -2.57. The molecule has 0 saturated carbocycles. The van der Waals surface area contributed by atoms with Gasteiger partial charge in [0.25, 0.3) is 0 Å². The van der Waals surface area contributed by atoms with Crippen LogP contribution in [0.5, 0.6) is 0 Å². The molecule has 2 aromatic carbocycles. The van der Waals surface area contributed by atoms with Gasteiger partial charge in [-0.3, -0.25) is 9.59 Å². The molecule has 0 aromatic heterocycles. The van der Waals surface area contributed by atoms with E-state index in [2.05, 4.69) is 11.4 Å². The molecule has 7 heteroatoms. The van der Waals surface area contributed by atoms with Crippen LogP contribution in [-0.2, 0) is 16.0 Å². The van der Waals surface area contributed by atoms with Crippen molar-refractivity contribution in [2.45, 2.75) is 70.4 Å². The van der Waals surface area contributed by atoms with Crippen molar-refractivity contribution in [1.29, 1.82) is 5.26 Å². The molecule has 2 aromatic rings. The molecule has 1 aliphatic rings. The third kappa shape index (κ3) is 5.07. The molecular formula is C28H33ClN2O4. The fourth-order valence-electron chi connectivity index (χ4n) is 6.12. The van der Waals surface area contributed by atoms with E-state index < -0.39 is 40.8 Å². The van der Waals surface area contributed by atoms with Crippen LogP contribution < -0.4 is 5.32 Å². The maximum Gasteiger partial charge on any atom is 0.311 e. The average Bonchev–Trinajstić information content (AvgIpc) is 2.82. The fourth-order valence-corrected chi connectivity index (χ4v) is 6.32. The standard InChI is InChI=1S/C28H33ClN2O4/c1-19-27(25(32)33,15-7-6-12-21-10-4-3-5-11-21)24(22-13-8-14-23(29)18-22)28(26(34)35,16-9-17-30)20(2)31-19/h3-5,8,10-11,13-14,18-20,24,31H,6-7,9,12,15-16H2,1-2H3,(H,32,33)(H,34,35). The van der Waals surface area contributed by atoms with Gasteiger partial charge < -0.3 is 15.5 Å². The zero-order chi connectivity index (χ0) is 25.6. The molecule has 1 aliphatic heterocycles. The van der Waals surface area contributed by atoms with Gasteiger partial charge in [-0.25, -0.2) is 0 Å². The van der Waals surface area contributed by atoms with Gasteiger partial charge in [-0.15, -0.1) is 0 Å². The molecular weight excluding hydrogens is 464 g/mol. The predicted octanol–water partition coefficient (Wildman–Crippen LogP) is 5.66. The molecule has 0 radical (unpaired) electrons. The normalized spacial score (nSPS) is 28.2. The van der Waals surface area contributed by atoms with Gasteiger partial charge in [0.15, 0.2) is 0 Å². The number of nitrogens with zero attached hydrogens (tertiary/aromatic N) is 1. The molecule has 35 heavy (non-hydrogen) atoms. The van der Waals surface area contributed by atoms with Gasteiger partial charge in [-0.05, 0) is 62.8 Å². The van der Waals surface area contributed by atoms with E-state index in [1.165, 1.54) is 5.56 Å². The number of carbonyl (C=O) groups is 2. The van der Waals surface area contributed by atoms with Gasteiger partial charge in [-0.1, -0.05) is 60.5 Å². The summed E-state index contributed by atoms with van der Waals surface area (Å²) in [6.45, 7) is 3.61. The molecule has 186 valence electrons. The molecule has 0 amide bonds. The molecule has 0 bridgehead atoms. The minimum atomic E-state index is -1.50. The lowest BCUT2D eigenvalue weighted by molar-refractivity contribution is -0.174. The topological polar surface area (TPSA) is 110 Å². The van der Waals surface area contributed by atoms with Crippen molar-refractivity contribution in [1.82, 2.24) is 5.32 Å². The summed E-state index contributed by atoms with van der Waals surface area (Å²) in [6, 6.07) is 17.9. The highest BCUT2D eigenvalue weighted by Gasteiger charge is 2.66. The number of piperidine rings is 1. The third-order valence-corrected chi connectivity index (χ3v) is 8.09. The number of aliphatic carboxylic acids is 2. The number of unbranched alkanes of at least 4 members (excludes halogenated alkanes) is 1. The number of hydrogen-bond donors (Lipinski definition) is 3. The first-order valence-corrected chi connectivity index (χ1v) is 12.5. The summed E-state index contributed by atoms with van der Waals surface area (Å²) in [7, 11) is 0. The van der Waals surface area contributed by atoms with Crippen LogP contribution in [0, 0.1) is 22.2 Å². The largest absolute Gasteiger partial charge is 0.481 e. The SMILES string of the molecule is CC1NC(C)C(CCCCc2ccccc2)(C(=O)O)C(c2cccc(Cl)c2)C1(CCC#N)C(=O)O.